The molecule has 0 aliphatic rings. The number of rotatable bonds is 13. The molecule has 150 valence electrons. The lowest BCUT2D eigenvalue weighted by atomic mass is 10.1. The van der Waals surface area contributed by atoms with Crippen molar-refractivity contribution < 1.29 is 0 Å². The molecule has 0 atom stereocenters. The third-order valence-corrected chi connectivity index (χ3v) is 4.71. The van der Waals surface area contributed by atoms with Crippen LogP contribution in [0, 0.1) is 5.41 Å². The largest absolute Gasteiger partial charge is 0.399 e. The SMILES string of the molecule is C=C(N)c1ccc(CNCCCCCCNCc2ccc(C(=N)N)cc2)cc1. The monoisotopic (exact) mass is 379 g/mol. The molecule has 2 aromatic rings. The van der Waals surface area contributed by atoms with Crippen LogP contribution in [-0.2, 0) is 13.1 Å². The van der Waals surface area contributed by atoms with Gasteiger partial charge >= 0.3 is 0 Å². The zero-order valence-corrected chi connectivity index (χ0v) is 16.6. The molecule has 2 aromatic carbocycles. The number of nitrogen functional groups attached to an aromatic ring is 1. The van der Waals surface area contributed by atoms with Crippen LogP contribution in [0.25, 0.3) is 5.70 Å². The molecule has 0 saturated heterocycles. The molecule has 0 spiro atoms. The fraction of sp³-hybridized carbons (Fsp3) is 0.348. The second-order valence-electron chi connectivity index (χ2n) is 7.10. The Kier molecular flexibility index (Phi) is 9.25. The first-order valence-corrected chi connectivity index (χ1v) is 9.94. The standard InChI is InChI=1S/C23H33N5/c1-18(24)21-10-6-19(7-11-21)16-27-14-4-2-3-5-15-28-17-20-8-12-22(13-9-20)23(25)26/h6-13,27-28H,1-5,14-17,24H2,(H3,25,26). The third kappa shape index (κ3) is 7.94. The van der Waals surface area contributed by atoms with Gasteiger partial charge in [-0.25, -0.2) is 0 Å². The van der Waals surface area contributed by atoms with Crippen molar-refractivity contribution in [3.05, 3.63) is 77.4 Å². The maximum absolute atomic E-state index is 7.40. The number of unbranched alkanes of at least 4 members (excludes halogenated alkanes) is 3. The van der Waals surface area contributed by atoms with Gasteiger partial charge < -0.3 is 22.1 Å². The molecule has 0 amide bonds. The first-order chi connectivity index (χ1) is 13.6. The molecule has 0 aliphatic carbocycles. The summed E-state index contributed by atoms with van der Waals surface area (Å²) in [5.41, 5.74) is 16.0. The molecule has 0 fully saturated rings. The minimum Gasteiger partial charge on any atom is -0.399 e. The van der Waals surface area contributed by atoms with E-state index in [0.717, 1.165) is 37.3 Å². The lowest BCUT2D eigenvalue weighted by molar-refractivity contribution is 0.563. The van der Waals surface area contributed by atoms with Crippen molar-refractivity contribution in [3.63, 3.8) is 0 Å². The zero-order chi connectivity index (χ0) is 20.2. The normalized spacial score (nSPS) is 10.7. The molecule has 5 heteroatoms. The molecule has 0 heterocycles. The second kappa shape index (κ2) is 12.0. The van der Waals surface area contributed by atoms with Crippen LogP contribution in [0.3, 0.4) is 0 Å². The van der Waals surface area contributed by atoms with Crippen LogP contribution >= 0.6 is 0 Å². The van der Waals surface area contributed by atoms with Crippen LogP contribution in [0.1, 0.15) is 47.9 Å². The summed E-state index contributed by atoms with van der Waals surface area (Å²) >= 11 is 0. The van der Waals surface area contributed by atoms with Crippen LogP contribution < -0.4 is 22.1 Å². The number of nitrogens with one attached hydrogen (secondary N) is 3. The van der Waals surface area contributed by atoms with Crippen LogP contribution in [0.4, 0.5) is 0 Å². The molecule has 0 saturated carbocycles. The van der Waals surface area contributed by atoms with Crippen LogP contribution in [0.5, 0.6) is 0 Å². The fourth-order valence-electron chi connectivity index (χ4n) is 2.96. The Morgan fingerprint density at radius 1 is 0.714 bits per heavy atom. The predicted molar refractivity (Wildman–Crippen MR) is 119 cm³/mol. The molecule has 0 aromatic heterocycles. The van der Waals surface area contributed by atoms with E-state index in [1.807, 2.05) is 36.4 Å². The fourth-order valence-corrected chi connectivity index (χ4v) is 2.96. The first-order valence-electron chi connectivity index (χ1n) is 9.94. The number of nitrogens with two attached hydrogens (primary N) is 2. The van der Waals surface area contributed by atoms with E-state index in [1.54, 1.807) is 0 Å². The second-order valence-corrected chi connectivity index (χ2v) is 7.10. The number of amidine groups is 1. The highest BCUT2D eigenvalue weighted by Gasteiger charge is 1.98. The average molecular weight is 380 g/mol. The van der Waals surface area contributed by atoms with Gasteiger partial charge in [-0.2, -0.15) is 0 Å². The lowest BCUT2D eigenvalue weighted by Crippen LogP contribution is -2.16. The molecule has 28 heavy (non-hydrogen) atoms. The summed E-state index contributed by atoms with van der Waals surface area (Å²) in [6.45, 7) is 7.57. The summed E-state index contributed by atoms with van der Waals surface area (Å²) in [4.78, 5) is 0. The van der Waals surface area contributed by atoms with E-state index < -0.39 is 0 Å². The number of hydrogen-bond acceptors (Lipinski definition) is 4. The molecule has 7 N–H and O–H groups in total. The average Bonchev–Trinajstić information content (AvgIpc) is 2.70. The summed E-state index contributed by atoms with van der Waals surface area (Å²) in [5.74, 6) is 0.116. The van der Waals surface area contributed by atoms with Gasteiger partial charge in [-0.3, -0.25) is 5.41 Å². The summed E-state index contributed by atoms with van der Waals surface area (Å²) in [6.07, 6.45) is 4.87. The summed E-state index contributed by atoms with van der Waals surface area (Å²) in [6, 6.07) is 16.1. The van der Waals surface area contributed by atoms with Gasteiger partial charge in [0.15, 0.2) is 0 Å². The van der Waals surface area contributed by atoms with E-state index in [0.29, 0.717) is 5.70 Å². The van der Waals surface area contributed by atoms with E-state index >= 15 is 0 Å². The molecule has 0 radical (unpaired) electrons. The van der Waals surface area contributed by atoms with E-state index in [1.165, 1.54) is 36.8 Å². The van der Waals surface area contributed by atoms with Crippen molar-refractivity contribution in [2.45, 2.75) is 38.8 Å². The van der Waals surface area contributed by atoms with Gasteiger partial charge in [0.25, 0.3) is 0 Å². The van der Waals surface area contributed by atoms with E-state index in [9.17, 15) is 0 Å². The van der Waals surface area contributed by atoms with E-state index in [-0.39, 0.29) is 5.84 Å². The lowest BCUT2D eigenvalue weighted by Gasteiger charge is -2.07. The summed E-state index contributed by atoms with van der Waals surface area (Å²) in [7, 11) is 0. The van der Waals surface area contributed by atoms with Crippen molar-refractivity contribution in [2.24, 2.45) is 11.5 Å². The summed E-state index contributed by atoms with van der Waals surface area (Å²) in [5, 5.41) is 14.4. The van der Waals surface area contributed by atoms with Crippen LogP contribution in [0.2, 0.25) is 0 Å². The molecule has 0 bridgehead atoms. The number of hydrogen-bond donors (Lipinski definition) is 5. The van der Waals surface area contributed by atoms with Gasteiger partial charge in [-0.05, 0) is 42.6 Å². The highest BCUT2D eigenvalue weighted by molar-refractivity contribution is 5.94. The van der Waals surface area contributed by atoms with Gasteiger partial charge in [0.1, 0.15) is 5.84 Å². The molecular weight excluding hydrogens is 346 g/mol. The number of benzene rings is 2. The quantitative estimate of drug-likeness (QED) is 0.209. The molecule has 0 aliphatic heterocycles. The highest BCUT2D eigenvalue weighted by atomic mass is 14.8. The van der Waals surface area contributed by atoms with Gasteiger partial charge in [0.2, 0.25) is 0 Å². The zero-order valence-electron chi connectivity index (χ0n) is 16.6. The Morgan fingerprint density at radius 2 is 1.14 bits per heavy atom. The van der Waals surface area contributed by atoms with Crippen molar-refractivity contribution in [3.8, 4) is 0 Å². The van der Waals surface area contributed by atoms with Crippen molar-refractivity contribution >= 4 is 11.5 Å². The Balaban J connectivity index is 1.45. The van der Waals surface area contributed by atoms with Crippen LogP contribution in [0.15, 0.2) is 55.1 Å². The van der Waals surface area contributed by atoms with Gasteiger partial charge in [0.05, 0.1) is 0 Å². The Labute approximate surface area is 168 Å². The van der Waals surface area contributed by atoms with Crippen molar-refractivity contribution in [1.82, 2.24) is 10.6 Å². The Morgan fingerprint density at radius 3 is 1.54 bits per heavy atom. The van der Waals surface area contributed by atoms with E-state index in [4.69, 9.17) is 16.9 Å². The first kappa shape index (κ1) is 21.7. The topological polar surface area (TPSA) is 100.0 Å². The van der Waals surface area contributed by atoms with Gasteiger partial charge in [0, 0.05) is 24.4 Å². The maximum atomic E-state index is 7.40. The molecule has 5 nitrogen and oxygen atoms in total. The maximum Gasteiger partial charge on any atom is 0.122 e. The summed E-state index contributed by atoms with van der Waals surface area (Å²) < 4.78 is 0. The predicted octanol–water partition coefficient (Wildman–Crippen LogP) is 3.34. The smallest absolute Gasteiger partial charge is 0.122 e. The molecule has 0 unspecified atom stereocenters. The minimum absolute atomic E-state index is 0.116. The minimum atomic E-state index is 0.116. The van der Waals surface area contributed by atoms with Gasteiger partial charge in [-0.1, -0.05) is 68.0 Å². The molecular formula is C23H33N5. The Bertz CT molecular complexity index is 669. The molecule has 2 rings (SSSR count). The van der Waals surface area contributed by atoms with Crippen LogP contribution in [-0.4, -0.2) is 18.9 Å². The highest BCUT2D eigenvalue weighted by Crippen LogP contribution is 2.09. The Hall–Kier alpha value is -2.63. The van der Waals surface area contributed by atoms with Gasteiger partial charge in [-0.15, -0.1) is 0 Å². The van der Waals surface area contributed by atoms with Crippen molar-refractivity contribution in [1.29, 1.82) is 5.41 Å². The van der Waals surface area contributed by atoms with Crippen molar-refractivity contribution in [2.75, 3.05) is 13.1 Å². The third-order valence-electron chi connectivity index (χ3n) is 4.71. The van der Waals surface area contributed by atoms with E-state index in [2.05, 4.69) is 29.3 Å².